The van der Waals surface area contributed by atoms with E-state index in [1.165, 1.54) is 6.20 Å². The molecular formula is C11H10N2O. The monoisotopic (exact) mass is 186 g/mol. The Morgan fingerprint density at radius 3 is 2.50 bits per heavy atom. The minimum absolute atomic E-state index is 0.129. The number of hydrogen-bond donors (Lipinski definition) is 1. The van der Waals surface area contributed by atoms with Gasteiger partial charge in [-0.25, -0.2) is 9.97 Å². The van der Waals surface area contributed by atoms with Crippen molar-refractivity contribution >= 4 is 0 Å². The number of hydrogen-bond acceptors (Lipinski definition) is 3. The second-order valence-electron chi connectivity index (χ2n) is 3.03. The Bertz CT molecular complexity index is 440. The van der Waals surface area contributed by atoms with Gasteiger partial charge in [0, 0.05) is 5.56 Å². The molecule has 0 amide bonds. The Morgan fingerprint density at radius 2 is 1.86 bits per heavy atom. The zero-order valence-electron chi connectivity index (χ0n) is 7.81. The molecule has 0 atom stereocenters. The van der Waals surface area contributed by atoms with Crippen LogP contribution >= 0.6 is 0 Å². The Hall–Kier alpha value is -1.90. The number of aryl methyl sites for hydroxylation is 1. The fraction of sp³-hybridized carbons (Fsp3) is 0.0909. The van der Waals surface area contributed by atoms with Crippen molar-refractivity contribution in [2.75, 3.05) is 0 Å². The van der Waals surface area contributed by atoms with Crippen molar-refractivity contribution in [2.45, 2.75) is 6.92 Å². The molecule has 2 aromatic rings. The van der Waals surface area contributed by atoms with Crippen molar-refractivity contribution in [3.8, 4) is 17.1 Å². The molecule has 0 spiro atoms. The zero-order valence-corrected chi connectivity index (χ0v) is 7.81. The van der Waals surface area contributed by atoms with Crippen LogP contribution < -0.4 is 0 Å². The molecule has 3 nitrogen and oxygen atoms in total. The summed E-state index contributed by atoms with van der Waals surface area (Å²) >= 11 is 0. The quantitative estimate of drug-likeness (QED) is 0.742. The highest BCUT2D eigenvalue weighted by Crippen LogP contribution is 2.18. The minimum atomic E-state index is 0.129. The molecule has 0 saturated carbocycles. The van der Waals surface area contributed by atoms with Crippen molar-refractivity contribution in [2.24, 2.45) is 0 Å². The fourth-order valence-electron chi connectivity index (χ4n) is 1.19. The summed E-state index contributed by atoms with van der Waals surface area (Å²) in [5.41, 5.74) is 1.55. The van der Waals surface area contributed by atoms with Crippen LogP contribution in [0.4, 0.5) is 0 Å². The van der Waals surface area contributed by atoms with E-state index in [-0.39, 0.29) is 5.75 Å². The third-order valence-electron chi connectivity index (χ3n) is 1.99. The van der Waals surface area contributed by atoms with Gasteiger partial charge in [-0.15, -0.1) is 0 Å². The summed E-state index contributed by atoms with van der Waals surface area (Å²) in [6, 6.07) is 9.68. The normalized spacial score (nSPS) is 10.1. The highest BCUT2D eigenvalue weighted by molar-refractivity contribution is 5.54. The summed E-state index contributed by atoms with van der Waals surface area (Å²) in [6.07, 6.45) is 1.42. The molecular weight excluding hydrogens is 176 g/mol. The van der Waals surface area contributed by atoms with E-state index >= 15 is 0 Å². The van der Waals surface area contributed by atoms with Gasteiger partial charge in [-0.3, -0.25) is 0 Å². The molecule has 14 heavy (non-hydrogen) atoms. The molecule has 1 N–H and O–H groups in total. The predicted octanol–water partition coefficient (Wildman–Crippen LogP) is 2.16. The lowest BCUT2D eigenvalue weighted by molar-refractivity contribution is 0.464. The van der Waals surface area contributed by atoms with Crippen molar-refractivity contribution in [1.29, 1.82) is 0 Å². The molecule has 2 rings (SSSR count). The number of rotatable bonds is 1. The first-order chi connectivity index (χ1) is 6.77. The molecule has 0 aliphatic rings. The fourth-order valence-corrected chi connectivity index (χ4v) is 1.19. The van der Waals surface area contributed by atoms with Crippen molar-refractivity contribution in [3.63, 3.8) is 0 Å². The smallest absolute Gasteiger partial charge is 0.159 e. The first kappa shape index (κ1) is 8.69. The molecule has 3 heteroatoms. The maximum Gasteiger partial charge on any atom is 0.159 e. The molecule has 0 radical (unpaired) electrons. The predicted molar refractivity (Wildman–Crippen MR) is 53.9 cm³/mol. The Kier molecular flexibility index (Phi) is 2.14. The van der Waals surface area contributed by atoms with Gasteiger partial charge in [0.25, 0.3) is 0 Å². The van der Waals surface area contributed by atoms with Gasteiger partial charge >= 0.3 is 0 Å². The SMILES string of the molecule is Cc1nc(-c2ccccc2)ncc1O. The molecule has 1 heterocycles. The van der Waals surface area contributed by atoms with Crippen LogP contribution in [-0.4, -0.2) is 15.1 Å². The van der Waals surface area contributed by atoms with Crippen molar-refractivity contribution in [3.05, 3.63) is 42.2 Å². The largest absolute Gasteiger partial charge is 0.504 e. The second kappa shape index (κ2) is 3.46. The van der Waals surface area contributed by atoms with Gasteiger partial charge < -0.3 is 5.11 Å². The van der Waals surface area contributed by atoms with Crippen LogP contribution in [0, 0.1) is 6.92 Å². The molecule has 0 fully saturated rings. The standard InChI is InChI=1S/C11H10N2O/c1-8-10(14)7-12-11(13-8)9-5-3-2-4-6-9/h2-7,14H,1H3. The average molecular weight is 186 g/mol. The molecule has 1 aromatic carbocycles. The van der Waals surface area contributed by atoms with E-state index < -0.39 is 0 Å². The van der Waals surface area contributed by atoms with Gasteiger partial charge in [0.2, 0.25) is 0 Å². The van der Waals surface area contributed by atoms with Gasteiger partial charge in [0.15, 0.2) is 11.6 Å². The van der Waals surface area contributed by atoms with Crippen LogP contribution in [0.25, 0.3) is 11.4 Å². The second-order valence-corrected chi connectivity index (χ2v) is 3.03. The Labute approximate surface area is 82.1 Å². The number of nitrogens with zero attached hydrogens (tertiary/aromatic N) is 2. The van der Waals surface area contributed by atoms with Crippen LogP contribution in [0.15, 0.2) is 36.5 Å². The number of benzene rings is 1. The molecule has 1 aromatic heterocycles. The van der Waals surface area contributed by atoms with Crippen LogP contribution in [-0.2, 0) is 0 Å². The van der Waals surface area contributed by atoms with Crippen molar-refractivity contribution in [1.82, 2.24) is 9.97 Å². The molecule has 0 bridgehead atoms. The Morgan fingerprint density at radius 1 is 1.14 bits per heavy atom. The van der Waals surface area contributed by atoms with Gasteiger partial charge in [-0.05, 0) is 6.92 Å². The van der Waals surface area contributed by atoms with E-state index in [1.807, 2.05) is 30.3 Å². The molecule has 0 aliphatic carbocycles. The minimum Gasteiger partial charge on any atom is -0.504 e. The van der Waals surface area contributed by atoms with Crippen LogP contribution in [0.1, 0.15) is 5.69 Å². The van der Waals surface area contributed by atoms with Crippen LogP contribution in [0.5, 0.6) is 5.75 Å². The molecule has 0 aliphatic heterocycles. The summed E-state index contributed by atoms with van der Waals surface area (Å²) < 4.78 is 0. The van der Waals surface area contributed by atoms with E-state index in [1.54, 1.807) is 6.92 Å². The zero-order chi connectivity index (χ0) is 9.97. The lowest BCUT2D eigenvalue weighted by Crippen LogP contribution is -1.90. The third-order valence-corrected chi connectivity index (χ3v) is 1.99. The first-order valence-electron chi connectivity index (χ1n) is 4.35. The topological polar surface area (TPSA) is 46.0 Å². The summed E-state index contributed by atoms with van der Waals surface area (Å²) in [6.45, 7) is 1.75. The van der Waals surface area contributed by atoms with Crippen molar-refractivity contribution < 1.29 is 5.11 Å². The summed E-state index contributed by atoms with van der Waals surface area (Å²) in [4.78, 5) is 8.23. The van der Waals surface area contributed by atoms with Gasteiger partial charge in [0.05, 0.1) is 11.9 Å². The molecule has 0 saturated heterocycles. The lowest BCUT2D eigenvalue weighted by atomic mass is 10.2. The van der Waals surface area contributed by atoms with Crippen LogP contribution in [0.3, 0.4) is 0 Å². The van der Waals surface area contributed by atoms with Crippen LogP contribution in [0.2, 0.25) is 0 Å². The average Bonchev–Trinajstić information content (AvgIpc) is 2.23. The maximum atomic E-state index is 9.27. The number of aromatic hydroxyl groups is 1. The van der Waals surface area contributed by atoms with E-state index in [0.717, 1.165) is 5.56 Å². The highest BCUT2D eigenvalue weighted by Gasteiger charge is 2.02. The van der Waals surface area contributed by atoms with Gasteiger partial charge in [0.1, 0.15) is 0 Å². The van der Waals surface area contributed by atoms with E-state index in [2.05, 4.69) is 9.97 Å². The Balaban J connectivity index is 2.48. The number of aromatic nitrogens is 2. The summed E-state index contributed by atoms with van der Waals surface area (Å²) in [5.74, 6) is 0.769. The summed E-state index contributed by atoms with van der Waals surface area (Å²) in [5, 5.41) is 9.27. The van der Waals surface area contributed by atoms with E-state index in [4.69, 9.17) is 0 Å². The van der Waals surface area contributed by atoms with E-state index in [9.17, 15) is 5.11 Å². The maximum absolute atomic E-state index is 9.27. The van der Waals surface area contributed by atoms with Gasteiger partial charge in [-0.1, -0.05) is 30.3 Å². The third kappa shape index (κ3) is 1.57. The van der Waals surface area contributed by atoms with E-state index in [0.29, 0.717) is 11.5 Å². The molecule has 0 unspecified atom stereocenters. The highest BCUT2D eigenvalue weighted by atomic mass is 16.3. The summed E-state index contributed by atoms with van der Waals surface area (Å²) in [7, 11) is 0. The molecule has 70 valence electrons. The van der Waals surface area contributed by atoms with Gasteiger partial charge in [-0.2, -0.15) is 0 Å². The first-order valence-corrected chi connectivity index (χ1v) is 4.35. The lowest BCUT2D eigenvalue weighted by Gasteiger charge is -2.01.